The number of phenols is 1. The van der Waals surface area contributed by atoms with E-state index >= 15 is 0 Å². The number of para-hydroxylation sites is 1. The van der Waals surface area contributed by atoms with Crippen LogP contribution in [0.4, 0.5) is 0 Å². The molecule has 0 aliphatic rings. The summed E-state index contributed by atoms with van der Waals surface area (Å²) >= 11 is 0. The average Bonchev–Trinajstić information content (AvgIpc) is 2.95. The molecule has 0 atom stereocenters. The summed E-state index contributed by atoms with van der Waals surface area (Å²) in [6.07, 6.45) is 3.47. The minimum Gasteiger partial charge on any atom is -0.507 e. The molecule has 2 N–H and O–H groups in total. The van der Waals surface area contributed by atoms with Gasteiger partial charge in [0.05, 0.1) is 5.52 Å². The number of fused-ring (bicyclic) bond motifs is 1. The summed E-state index contributed by atoms with van der Waals surface area (Å²) in [5.74, 6) is 0.747. The van der Waals surface area contributed by atoms with E-state index in [0.717, 1.165) is 5.52 Å². The molecule has 0 unspecified atom stereocenters. The standard InChI is InChI=1S/C18H13N3O2/c22-14-8-2-1-6-12(14)16-13-7-3-4-11-21(13)18(20-16)17-15(23)9-5-10-19-17/h1-11,22-23H. The Labute approximate surface area is 132 Å². The topological polar surface area (TPSA) is 70.7 Å². The van der Waals surface area contributed by atoms with Gasteiger partial charge in [-0.25, -0.2) is 9.97 Å². The van der Waals surface area contributed by atoms with Crippen LogP contribution < -0.4 is 0 Å². The van der Waals surface area contributed by atoms with Crippen LogP contribution in [0.15, 0.2) is 67.0 Å². The summed E-state index contributed by atoms with van der Waals surface area (Å²) < 4.78 is 1.85. The van der Waals surface area contributed by atoms with Crippen molar-refractivity contribution < 1.29 is 10.2 Å². The molecule has 0 saturated heterocycles. The van der Waals surface area contributed by atoms with Gasteiger partial charge in [0.25, 0.3) is 0 Å². The summed E-state index contributed by atoms with van der Waals surface area (Å²) in [5, 5.41) is 20.2. The molecule has 0 bridgehead atoms. The quantitative estimate of drug-likeness (QED) is 0.595. The first kappa shape index (κ1) is 13.3. The zero-order chi connectivity index (χ0) is 15.8. The van der Waals surface area contributed by atoms with Crippen molar-refractivity contribution in [3.63, 3.8) is 0 Å². The van der Waals surface area contributed by atoms with E-state index in [1.165, 1.54) is 0 Å². The Balaban J connectivity index is 2.06. The van der Waals surface area contributed by atoms with Crippen molar-refractivity contribution in [3.05, 3.63) is 67.0 Å². The van der Waals surface area contributed by atoms with E-state index in [4.69, 9.17) is 0 Å². The Kier molecular flexibility index (Phi) is 2.98. The third kappa shape index (κ3) is 2.10. The fraction of sp³-hybridized carbons (Fsp3) is 0. The van der Waals surface area contributed by atoms with Gasteiger partial charge in [-0.05, 0) is 36.4 Å². The normalized spacial score (nSPS) is 11.0. The van der Waals surface area contributed by atoms with E-state index in [-0.39, 0.29) is 11.5 Å². The lowest BCUT2D eigenvalue weighted by atomic mass is 10.1. The van der Waals surface area contributed by atoms with Crippen LogP contribution >= 0.6 is 0 Å². The second kappa shape index (κ2) is 5.14. The Morgan fingerprint density at radius 3 is 2.39 bits per heavy atom. The molecule has 4 aromatic rings. The van der Waals surface area contributed by atoms with Crippen molar-refractivity contribution in [2.75, 3.05) is 0 Å². The lowest BCUT2D eigenvalue weighted by Gasteiger charge is -2.02. The highest BCUT2D eigenvalue weighted by molar-refractivity contribution is 5.84. The average molecular weight is 303 g/mol. The van der Waals surface area contributed by atoms with Crippen molar-refractivity contribution in [1.82, 2.24) is 14.4 Å². The van der Waals surface area contributed by atoms with Crippen LogP contribution in [0.25, 0.3) is 28.3 Å². The maximum Gasteiger partial charge on any atom is 0.167 e. The minimum absolute atomic E-state index is 0.0621. The number of pyridine rings is 2. The van der Waals surface area contributed by atoms with Gasteiger partial charge in [0.1, 0.15) is 22.9 Å². The Morgan fingerprint density at radius 2 is 1.57 bits per heavy atom. The van der Waals surface area contributed by atoms with Crippen LogP contribution in [0.5, 0.6) is 11.5 Å². The molecule has 0 radical (unpaired) electrons. The van der Waals surface area contributed by atoms with Gasteiger partial charge < -0.3 is 10.2 Å². The largest absolute Gasteiger partial charge is 0.507 e. The summed E-state index contributed by atoms with van der Waals surface area (Å²) in [7, 11) is 0. The molecule has 0 amide bonds. The van der Waals surface area contributed by atoms with E-state index in [2.05, 4.69) is 9.97 Å². The molecule has 112 valence electrons. The molecule has 5 nitrogen and oxygen atoms in total. The summed E-state index contributed by atoms with van der Waals surface area (Å²) in [5.41, 5.74) is 2.51. The van der Waals surface area contributed by atoms with Gasteiger partial charge >= 0.3 is 0 Å². The molecular weight excluding hydrogens is 290 g/mol. The van der Waals surface area contributed by atoms with Gasteiger partial charge in [-0.1, -0.05) is 18.2 Å². The molecule has 3 aromatic heterocycles. The predicted octanol–water partition coefficient (Wildman–Crippen LogP) is 3.47. The third-order valence-electron chi connectivity index (χ3n) is 3.71. The van der Waals surface area contributed by atoms with Crippen molar-refractivity contribution in [1.29, 1.82) is 0 Å². The number of phenolic OH excluding ortho intramolecular Hbond substituents is 1. The fourth-order valence-corrected chi connectivity index (χ4v) is 2.65. The highest BCUT2D eigenvalue weighted by atomic mass is 16.3. The SMILES string of the molecule is Oc1ccccc1-c1nc(-c2ncccc2O)n2ccccc12. The summed E-state index contributed by atoms with van der Waals surface area (Å²) in [6, 6.07) is 16.0. The number of aromatic nitrogens is 3. The zero-order valence-electron chi connectivity index (χ0n) is 12.1. The lowest BCUT2D eigenvalue weighted by Crippen LogP contribution is -1.91. The first-order valence-electron chi connectivity index (χ1n) is 7.15. The second-order valence-electron chi connectivity index (χ2n) is 5.13. The van der Waals surface area contributed by atoms with Crippen molar-refractivity contribution in [2.24, 2.45) is 0 Å². The molecular formula is C18H13N3O2. The van der Waals surface area contributed by atoms with Gasteiger partial charge in [0.2, 0.25) is 0 Å². The molecule has 4 rings (SSSR count). The number of imidazole rings is 1. The Morgan fingerprint density at radius 1 is 0.783 bits per heavy atom. The molecule has 0 aliphatic heterocycles. The van der Waals surface area contributed by atoms with Crippen LogP contribution in [-0.4, -0.2) is 24.6 Å². The minimum atomic E-state index is 0.0621. The molecule has 23 heavy (non-hydrogen) atoms. The maximum atomic E-state index is 10.1. The van der Waals surface area contributed by atoms with Crippen LogP contribution in [0.3, 0.4) is 0 Å². The number of rotatable bonds is 2. The zero-order valence-corrected chi connectivity index (χ0v) is 12.1. The monoisotopic (exact) mass is 303 g/mol. The number of aromatic hydroxyl groups is 2. The number of nitrogens with zero attached hydrogens (tertiary/aromatic N) is 3. The van der Waals surface area contributed by atoms with E-state index in [1.54, 1.807) is 30.5 Å². The van der Waals surface area contributed by atoms with E-state index in [1.807, 2.05) is 40.9 Å². The van der Waals surface area contributed by atoms with Crippen LogP contribution in [-0.2, 0) is 0 Å². The molecule has 0 saturated carbocycles. The fourth-order valence-electron chi connectivity index (χ4n) is 2.65. The van der Waals surface area contributed by atoms with Crippen LogP contribution in [0.2, 0.25) is 0 Å². The van der Waals surface area contributed by atoms with Crippen molar-refractivity contribution in [2.45, 2.75) is 0 Å². The highest BCUT2D eigenvalue weighted by Crippen LogP contribution is 2.35. The highest BCUT2D eigenvalue weighted by Gasteiger charge is 2.18. The van der Waals surface area contributed by atoms with E-state index in [0.29, 0.717) is 22.8 Å². The van der Waals surface area contributed by atoms with Gasteiger partial charge in [-0.3, -0.25) is 4.40 Å². The van der Waals surface area contributed by atoms with Gasteiger partial charge in [-0.2, -0.15) is 0 Å². The van der Waals surface area contributed by atoms with Crippen molar-refractivity contribution in [3.8, 4) is 34.3 Å². The first-order chi connectivity index (χ1) is 11.3. The molecule has 0 aliphatic carbocycles. The number of hydrogen-bond acceptors (Lipinski definition) is 4. The third-order valence-corrected chi connectivity index (χ3v) is 3.71. The first-order valence-corrected chi connectivity index (χ1v) is 7.15. The Hall–Kier alpha value is -3.34. The predicted molar refractivity (Wildman–Crippen MR) is 87.2 cm³/mol. The van der Waals surface area contributed by atoms with Gasteiger partial charge in [0.15, 0.2) is 5.82 Å². The number of hydrogen-bond donors (Lipinski definition) is 2. The molecule has 0 fully saturated rings. The summed E-state index contributed by atoms with van der Waals surface area (Å²) in [4.78, 5) is 8.86. The van der Waals surface area contributed by atoms with Crippen LogP contribution in [0, 0.1) is 0 Å². The molecule has 1 aromatic carbocycles. The van der Waals surface area contributed by atoms with Gasteiger partial charge in [0, 0.05) is 18.0 Å². The second-order valence-corrected chi connectivity index (χ2v) is 5.13. The summed E-state index contributed by atoms with van der Waals surface area (Å²) in [6.45, 7) is 0. The van der Waals surface area contributed by atoms with Crippen LogP contribution in [0.1, 0.15) is 0 Å². The smallest absolute Gasteiger partial charge is 0.167 e. The molecule has 3 heterocycles. The van der Waals surface area contributed by atoms with E-state index < -0.39 is 0 Å². The lowest BCUT2D eigenvalue weighted by molar-refractivity contribution is 0.474. The van der Waals surface area contributed by atoms with Crippen molar-refractivity contribution >= 4 is 5.52 Å². The Bertz CT molecular complexity index is 929. The number of benzene rings is 1. The molecule has 0 spiro atoms. The van der Waals surface area contributed by atoms with E-state index in [9.17, 15) is 10.2 Å². The molecule has 5 heteroatoms. The maximum absolute atomic E-state index is 10.1. The van der Waals surface area contributed by atoms with Gasteiger partial charge in [-0.15, -0.1) is 0 Å².